The Morgan fingerprint density at radius 3 is 2.23 bits per heavy atom. The van der Waals surface area contributed by atoms with Crippen molar-refractivity contribution in [3.8, 4) is 5.75 Å². The molecule has 11 heteroatoms. The molecule has 0 aromatic heterocycles. The van der Waals surface area contributed by atoms with Crippen molar-refractivity contribution in [3.63, 3.8) is 0 Å². The number of esters is 1. The van der Waals surface area contributed by atoms with E-state index in [0.29, 0.717) is 11.3 Å². The number of benzene rings is 4. The molecule has 0 atom stereocenters. The quantitative estimate of drug-likeness (QED) is 0.0848. The lowest BCUT2D eigenvalue weighted by molar-refractivity contribution is -0.385. The van der Waals surface area contributed by atoms with Gasteiger partial charge in [0.25, 0.3) is 11.8 Å². The molecule has 0 aliphatic rings. The Morgan fingerprint density at radius 1 is 0.875 bits per heavy atom. The number of nitrogens with zero attached hydrogens (tertiary/aromatic N) is 2. The van der Waals surface area contributed by atoms with E-state index in [9.17, 15) is 24.5 Å². The van der Waals surface area contributed by atoms with Gasteiger partial charge in [0.1, 0.15) is 0 Å². The smallest absolute Gasteiger partial charge is 0.343 e. The average molecular weight is 601 g/mol. The van der Waals surface area contributed by atoms with Crippen LogP contribution in [0.2, 0.25) is 0 Å². The Bertz CT molecular complexity index is 1620. The van der Waals surface area contributed by atoms with Gasteiger partial charge in [-0.1, -0.05) is 39.7 Å². The number of anilines is 1. The highest BCUT2D eigenvalue weighted by Gasteiger charge is 2.22. The fraction of sp³-hybridized carbons (Fsp3) is 0.0345. The maximum absolute atomic E-state index is 12.6. The molecule has 10 nitrogen and oxygen atoms in total. The van der Waals surface area contributed by atoms with Crippen molar-refractivity contribution >= 4 is 51.3 Å². The maximum Gasteiger partial charge on any atom is 0.343 e. The molecule has 0 heterocycles. The predicted molar refractivity (Wildman–Crippen MR) is 153 cm³/mol. The standard InChI is InChI=1S/C29H21BrN4O6/c1-18-4-2-5-21(16-18)27(35)32-24-14-10-19(11-15-24)28(36)33-31-17-22-6-3-7-25(34(38)39)26(22)40-29(37)20-8-12-23(30)13-9-20/h2-17H,1H3,(H,32,35)(H,33,36)/b31-17+. The van der Waals surface area contributed by atoms with E-state index >= 15 is 0 Å². The first kappa shape index (κ1) is 27.9. The zero-order valence-corrected chi connectivity index (χ0v) is 22.5. The number of hydrazone groups is 1. The van der Waals surface area contributed by atoms with Crippen LogP contribution in [0, 0.1) is 17.0 Å². The molecule has 0 fully saturated rings. The predicted octanol–water partition coefficient (Wildman–Crippen LogP) is 5.90. The number of hydrogen-bond acceptors (Lipinski definition) is 7. The van der Waals surface area contributed by atoms with E-state index in [4.69, 9.17) is 4.74 Å². The second kappa shape index (κ2) is 12.6. The van der Waals surface area contributed by atoms with Gasteiger partial charge in [-0.05, 0) is 73.7 Å². The van der Waals surface area contributed by atoms with Crippen LogP contribution in [-0.4, -0.2) is 28.9 Å². The van der Waals surface area contributed by atoms with E-state index < -0.39 is 22.5 Å². The highest BCUT2D eigenvalue weighted by atomic mass is 79.9. The molecule has 2 N–H and O–H groups in total. The maximum atomic E-state index is 12.6. The summed E-state index contributed by atoms with van der Waals surface area (Å²) >= 11 is 3.27. The minimum atomic E-state index is -0.796. The molecule has 4 rings (SSSR count). The van der Waals surface area contributed by atoms with Crippen LogP contribution >= 0.6 is 15.9 Å². The number of ether oxygens (including phenoxy) is 1. The second-order valence-corrected chi connectivity index (χ2v) is 9.36. The number of halogens is 1. The van der Waals surface area contributed by atoms with E-state index in [0.717, 1.165) is 16.3 Å². The van der Waals surface area contributed by atoms with Crippen LogP contribution in [0.15, 0.2) is 101 Å². The normalized spacial score (nSPS) is 10.7. The average Bonchev–Trinajstić information content (AvgIpc) is 2.94. The van der Waals surface area contributed by atoms with Crippen LogP contribution in [0.25, 0.3) is 0 Å². The third-order valence-corrected chi connectivity index (χ3v) is 6.08. The number of carbonyl (C=O) groups is 3. The summed E-state index contributed by atoms with van der Waals surface area (Å²) < 4.78 is 6.10. The molecule has 0 unspecified atom stereocenters. The van der Waals surface area contributed by atoms with Gasteiger partial charge >= 0.3 is 11.7 Å². The molecule has 0 saturated heterocycles. The van der Waals surface area contributed by atoms with E-state index in [2.05, 4.69) is 31.8 Å². The van der Waals surface area contributed by atoms with Crippen molar-refractivity contribution in [2.45, 2.75) is 6.92 Å². The zero-order chi connectivity index (χ0) is 28.6. The molecule has 0 aliphatic carbocycles. The number of rotatable bonds is 8. The molecular formula is C29H21BrN4O6. The number of hydrogen-bond donors (Lipinski definition) is 2. The Kier molecular flexibility index (Phi) is 8.77. The Labute approximate surface area is 237 Å². The summed E-state index contributed by atoms with van der Waals surface area (Å²) in [6, 6.07) is 23.7. The van der Waals surface area contributed by atoms with Crippen molar-refractivity contribution in [2.24, 2.45) is 5.10 Å². The van der Waals surface area contributed by atoms with Crippen LogP contribution in [0.4, 0.5) is 11.4 Å². The highest BCUT2D eigenvalue weighted by molar-refractivity contribution is 9.10. The second-order valence-electron chi connectivity index (χ2n) is 8.45. The number of carbonyl (C=O) groups excluding carboxylic acids is 3. The minimum absolute atomic E-state index is 0.106. The number of amides is 2. The fourth-order valence-corrected chi connectivity index (χ4v) is 3.82. The lowest BCUT2D eigenvalue weighted by Gasteiger charge is -2.08. The molecule has 2 amide bonds. The molecule has 40 heavy (non-hydrogen) atoms. The molecule has 4 aromatic rings. The van der Waals surface area contributed by atoms with Crippen LogP contribution in [-0.2, 0) is 0 Å². The number of para-hydroxylation sites is 1. The van der Waals surface area contributed by atoms with Crippen molar-refractivity contribution in [3.05, 3.63) is 133 Å². The first-order chi connectivity index (χ1) is 19.2. The van der Waals surface area contributed by atoms with Gasteiger partial charge < -0.3 is 10.1 Å². The fourth-order valence-electron chi connectivity index (χ4n) is 3.56. The third kappa shape index (κ3) is 7.03. The monoisotopic (exact) mass is 600 g/mol. The Morgan fingerprint density at radius 2 is 1.55 bits per heavy atom. The molecule has 0 saturated carbocycles. The number of nitro groups is 1. The third-order valence-electron chi connectivity index (χ3n) is 5.55. The lowest BCUT2D eigenvalue weighted by Crippen LogP contribution is -2.18. The van der Waals surface area contributed by atoms with Crippen molar-refractivity contribution in [1.82, 2.24) is 5.43 Å². The Balaban J connectivity index is 1.44. The summed E-state index contributed by atoms with van der Waals surface area (Å²) in [7, 11) is 0. The van der Waals surface area contributed by atoms with Crippen molar-refractivity contribution < 1.29 is 24.0 Å². The number of nitrogens with one attached hydrogen (secondary N) is 2. The van der Waals surface area contributed by atoms with Crippen LogP contribution in [0.1, 0.15) is 42.2 Å². The Hall–Kier alpha value is -5.16. The summed E-state index contributed by atoms with van der Waals surface area (Å²) in [4.78, 5) is 48.5. The number of nitro benzene ring substituents is 1. The van der Waals surface area contributed by atoms with Gasteiger partial charge in [-0.15, -0.1) is 0 Å². The molecule has 0 aliphatic heterocycles. The van der Waals surface area contributed by atoms with Gasteiger partial charge in [0.2, 0.25) is 5.75 Å². The molecule has 4 aromatic carbocycles. The molecule has 200 valence electrons. The van der Waals surface area contributed by atoms with Gasteiger partial charge in [-0.3, -0.25) is 19.7 Å². The molecule has 0 radical (unpaired) electrons. The minimum Gasteiger partial charge on any atom is -0.415 e. The van der Waals surface area contributed by atoms with Gasteiger partial charge in [0.15, 0.2) is 0 Å². The zero-order valence-electron chi connectivity index (χ0n) is 21.0. The van der Waals surface area contributed by atoms with Crippen molar-refractivity contribution in [2.75, 3.05) is 5.32 Å². The first-order valence-electron chi connectivity index (χ1n) is 11.8. The molecule has 0 bridgehead atoms. The SMILES string of the molecule is Cc1cccc(C(=O)Nc2ccc(C(=O)N/N=C/c3cccc([N+](=O)[O-])c3OC(=O)c3ccc(Br)cc3)cc2)c1. The summed E-state index contributed by atoms with van der Waals surface area (Å²) in [6.45, 7) is 1.89. The van der Waals surface area contributed by atoms with E-state index in [-0.39, 0.29) is 28.3 Å². The largest absolute Gasteiger partial charge is 0.415 e. The summed E-state index contributed by atoms with van der Waals surface area (Å²) in [6.07, 6.45) is 1.14. The van der Waals surface area contributed by atoms with Crippen LogP contribution < -0.4 is 15.5 Å². The van der Waals surface area contributed by atoms with Gasteiger partial charge in [0, 0.05) is 32.9 Å². The topological polar surface area (TPSA) is 140 Å². The van der Waals surface area contributed by atoms with Gasteiger partial charge in [-0.2, -0.15) is 5.10 Å². The summed E-state index contributed by atoms with van der Waals surface area (Å²) in [5.74, 6) is -1.95. The lowest BCUT2D eigenvalue weighted by atomic mass is 10.1. The molecular weight excluding hydrogens is 580 g/mol. The van der Waals surface area contributed by atoms with Gasteiger partial charge in [-0.25, -0.2) is 10.2 Å². The first-order valence-corrected chi connectivity index (χ1v) is 12.6. The summed E-state index contributed by atoms with van der Waals surface area (Å²) in [5, 5.41) is 18.2. The highest BCUT2D eigenvalue weighted by Crippen LogP contribution is 2.31. The van der Waals surface area contributed by atoms with Crippen LogP contribution in [0.3, 0.4) is 0 Å². The van der Waals surface area contributed by atoms with E-state index in [1.165, 1.54) is 42.5 Å². The van der Waals surface area contributed by atoms with E-state index in [1.807, 2.05) is 13.0 Å². The van der Waals surface area contributed by atoms with E-state index in [1.54, 1.807) is 42.5 Å². The van der Waals surface area contributed by atoms with Crippen LogP contribution in [0.5, 0.6) is 5.75 Å². The van der Waals surface area contributed by atoms with Gasteiger partial charge in [0.05, 0.1) is 16.7 Å². The molecule has 0 spiro atoms. The number of aryl methyl sites for hydroxylation is 1. The summed E-state index contributed by atoms with van der Waals surface area (Å²) in [5.41, 5.74) is 4.42. The van der Waals surface area contributed by atoms with Crippen molar-refractivity contribution in [1.29, 1.82) is 0 Å².